The lowest BCUT2D eigenvalue weighted by Gasteiger charge is -2.64. The van der Waals surface area contributed by atoms with Gasteiger partial charge in [-0.2, -0.15) is 75.8 Å². The van der Waals surface area contributed by atoms with Crippen LogP contribution in [0.4, 0.5) is 0 Å². The van der Waals surface area contributed by atoms with Crippen molar-refractivity contribution < 1.29 is 0 Å². The molecule has 0 aliphatic heterocycles. The number of thiol groups is 6. The highest BCUT2D eigenvalue weighted by Gasteiger charge is 2.61. The molecule has 4 fully saturated rings. The zero-order valence-corrected chi connectivity index (χ0v) is 30.4. The van der Waals surface area contributed by atoms with Gasteiger partial charge in [-0.25, -0.2) is 0 Å². The molecule has 0 aromatic heterocycles. The van der Waals surface area contributed by atoms with Gasteiger partial charge in [-0.15, -0.1) is 0 Å². The normalized spacial score (nSPS) is 38.2. The first-order chi connectivity index (χ1) is 19.6. The fourth-order valence-corrected chi connectivity index (χ4v) is 13.4. The quantitative estimate of drug-likeness (QED) is 0.104. The van der Waals surface area contributed by atoms with Crippen molar-refractivity contribution >= 4 is 75.8 Å². The van der Waals surface area contributed by atoms with Crippen LogP contribution in [-0.2, 0) is 0 Å². The Morgan fingerprint density at radius 1 is 0.600 bits per heavy atom. The lowest BCUT2D eigenvalue weighted by atomic mass is 9.43. The van der Waals surface area contributed by atoms with E-state index in [4.69, 9.17) is 75.8 Å². The molecule has 4 aliphatic rings. The molecule has 4 rings (SSSR count). The molecule has 232 valence electrons. The van der Waals surface area contributed by atoms with Crippen LogP contribution in [-0.4, -0.2) is 23.0 Å². The van der Waals surface area contributed by atoms with Crippen LogP contribution in [0.25, 0.3) is 0 Å². The summed E-state index contributed by atoms with van der Waals surface area (Å²) in [4.78, 5) is 0. The summed E-state index contributed by atoms with van der Waals surface area (Å²) in [5, 5.41) is 1.64. The predicted octanol–water partition coefficient (Wildman–Crippen LogP) is 10.9. The number of hydrogen-bond acceptors (Lipinski definition) is 6. The summed E-state index contributed by atoms with van der Waals surface area (Å²) in [5.74, 6) is 12.4. The third-order valence-electron chi connectivity index (χ3n) is 12.4. The smallest absolute Gasteiger partial charge is 0.0378 e. The van der Waals surface area contributed by atoms with Crippen LogP contribution in [0.1, 0.15) is 116 Å². The lowest BCUT2D eigenvalue weighted by molar-refractivity contribution is -0.0962. The Balaban J connectivity index is 1.96. The molecule has 0 N–H and O–H groups in total. The molecule has 0 aromatic rings. The monoisotopic (exact) mass is 660 g/mol. The fraction of sp³-hybridized carbons (Fsp3) is 0.941. The molecule has 6 heteroatoms. The van der Waals surface area contributed by atoms with E-state index in [-0.39, 0.29) is 5.41 Å². The molecule has 0 bridgehead atoms. The third kappa shape index (κ3) is 7.55. The van der Waals surface area contributed by atoms with Crippen LogP contribution in [0.2, 0.25) is 0 Å². The maximum absolute atomic E-state index is 5.97. The molecule has 40 heavy (non-hydrogen) atoms. The Morgan fingerprint density at radius 2 is 1.05 bits per heavy atom. The Bertz CT molecular complexity index is 693. The molecule has 0 heterocycles. The van der Waals surface area contributed by atoms with E-state index in [0.717, 1.165) is 41.3 Å². The van der Waals surface area contributed by atoms with Crippen molar-refractivity contribution in [3.63, 3.8) is 0 Å². The van der Waals surface area contributed by atoms with Gasteiger partial charge < -0.3 is 0 Å². The van der Waals surface area contributed by atoms with Crippen molar-refractivity contribution in [2.75, 3.05) is 23.0 Å². The summed E-state index contributed by atoms with van der Waals surface area (Å²) in [6.07, 6.45) is 24.2. The van der Waals surface area contributed by atoms with Crippen molar-refractivity contribution in [1.82, 2.24) is 0 Å². The standard InChI is InChI=1S/C34H60S6/c35-19-9-18-32(28-14-5-1-10-24(28)20-36)34(30-16-7-3-12-26(30)22-38,31-17-8-4-13-27(31)23-39)33(40)29-15-6-2-11-25(29)21-37/h19,24-32,35-40H,1-18,20-23H2. The van der Waals surface area contributed by atoms with Gasteiger partial charge in [0.25, 0.3) is 0 Å². The topological polar surface area (TPSA) is 0 Å². The average Bonchev–Trinajstić information content (AvgIpc) is 3.02. The molecular formula is C34H60S6. The Hall–Kier alpha value is 2.10. The van der Waals surface area contributed by atoms with Crippen LogP contribution >= 0.6 is 75.8 Å². The molecule has 0 spiro atoms. The Labute approximate surface area is 282 Å². The Morgan fingerprint density at radius 3 is 1.57 bits per heavy atom. The van der Waals surface area contributed by atoms with Gasteiger partial charge >= 0.3 is 0 Å². The predicted molar refractivity (Wildman–Crippen MR) is 198 cm³/mol. The van der Waals surface area contributed by atoms with Gasteiger partial charge in [0.15, 0.2) is 0 Å². The summed E-state index contributed by atoms with van der Waals surface area (Å²) >= 11 is 30.9. The van der Waals surface area contributed by atoms with Crippen molar-refractivity contribution in [2.24, 2.45) is 58.7 Å². The average molecular weight is 661 g/mol. The highest BCUT2D eigenvalue weighted by atomic mass is 32.1. The minimum Gasteiger partial charge on any atom is -0.179 e. The van der Waals surface area contributed by atoms with Gasteiger partial charge in [0, 0.05) is 11.0 Å². The molecule has 0 amide bonds. The van der Waals surface area contributed by atoms with E-state index < -0.39 is 0 Å². The van der Waals surface area contributed by atoms with Crippen molar-refractivity contribution in [3.8, 4) is 0 Å². The van der Waals surface area contributed by atoms with Gasteiger partial charge in [0.1, 0.15) is 0 Å². The second kappa shape index (κ2) is 17.7. The first-order valence-electron chi connectivity index (χ1n) is 17.0. The summed E-state index contributed by atoms with van der Waals surface area (Å²) in [6, 6.07) is 0. The second-order valence-corrected chi connectivity index (χ2v) is 16.4. The van der Waals surface area contributed by atoms with E-state index in [2.05, 4.69) is 5.75 Å². The van der Waals surface area contributed by atoms with Crippen LogP contribution in [0, 0.1) is 69.7 Å². The van der Waals surface area contributed by atoms with Gasteiger partial charge in [-0.1, -0.05) is 51.4 Å². The number of hydrogen-bond donors (Lipinski definition) is 6. The minimum absolute atomic E-state index is 0.147. The SMILES string of the molecule is S[CH]CCC(C1CCCCC1CS)C([C](S)C1CCCCC1CS)(C1CCCCC1CS)C1CCCCC1CS. The first kappa shape index (κ1) is 35.0. The summed E-state index contributed by atoms with van der Waals surface area (Å²) < 4.78 is 0. The lowest BCUT2D eigenvalue weighted by Crippen LogP contribution is -2.58. The second-order valence-electron chi connectivity index (χ2n) is 14.1. The van der Waals surface area contributed by atoms with E-state index in [1.165, 1.54) is 109 Å². The number of rotatable bonds is 13. The van der Waals surface area contributed by atoms with E-state index in [9.17, 15) is 0 Å². The van der Waals surface area contributed by atoms with Crippen molar-refractivity contribution in [1.29, 1.82) is 0 Å². The molecule has 4 saturated carbocycles. The molecule has 9 unspecified atom stereocenters. The maximum Gasteiger partial charge on any atom is 0.0378 e. The van der Waals surface area contributed by atoms with Crippen molar-refractivity contribution in [3.05, 3.63) is 11.0 Å². The minimum atomic E-state index is 0.147. The fourth-order valence-electron chi connectivity index (χ4n) is 10.7. The first-order valence-corrected chi connectivity index (χ1v) is 20.5. The zero-order valence-electron chi connectivity index (χ0n) is 25.0. The Kier molecular flexibility index (Phi) is 15.5. The molecule has 0 saturated heterocycles. The van der Waals surface area contributed by atoms with Gasteiger partial charge in [0.05, 0.1) is 0 Å². The largest absolute Gasteiger partial charge is 0.179 e. The molecule has 4 aliphatic carbocycles. The van der Waals surface area contributed by atoms with Gasteiger partial charge in [0.2, 0.25) is 0 Å². The highest BCUT2D eigenvalue weighted by Crippen LogP contribution is 2.68. The van der Waals surface area contributed by atoms with Crippen LogP contribution < -0.4 is 0 Å². The highest BCUT2D eigenvalue weighted by molar-refractivity contribution is 7.83. The third-order valence-corrected chi connectivity index (χ3v) is 15.2. The van der Waals surface area contributed by atoms with Gasteiger partial charge in [-0.3, -0.25) is 0 Å². The van der Waals surface area contributed by atoms with Crippen LogP contribution in [0.15, 0.2) is 0 Å². The molecule has 9 atom stereocenters. The van der Waals surface area contributed by atoms with Crippen LogP contribution in [0.5, 0.6) is 0 Å². The summed E-state index contributed by atoms with van der Waals surface area (Å²) in [7, 11) is 0. The van der Waals surface area contributed by atoms with Crippen LogP contribution in [0.3, 0.4) is 0 Å². The zero-order chi connectivity index (χ0) is 28.5. The van der Waals surface area contributed by atoms with E-state index in [0.29, 0.717) is 41.4 Å². The molecule has 0 nitrogen and oxygen atoms in total. The van der Waals surface area contributed by atoms with E-state index in [1.54, 1.807) is 5.25 Å². The molecule has 0 aromatic carbocycles. The summed E-state index contributed by atoms with van der Waals surface area (Å²) in [5.41, 5.74) is 0.147. The van der Waals surface area contributed by atoms with Crippen molar-refractivity contribution in [2.45, 2.75) is 116 Å². The maximum atomic E-state index is 5.97. The van der Waals surface area contributed by atoms with E-state index >= 15 is 0 Å². The van der Waals surface area contributed by atoms with E-state index in [1.807, 2.05) is 0 Å². The summed E-state index contributed by atoms with van der Waals surface area (Å²) in [6.45, 7) is 0. The molecule has 2 radical (unpaired) electrons. The molecular weight excluding hydrogens is 601 g/mol. The van der Waals surface area contributed by atoms with Gasteiger partial charge in [-0.05, 0) is 146 Å².